The van der Waals surface area contributed by atoms with Crippen molar-refractivity contribution in [1.82, 2.24) is 15.2 Å². The number of hydrogen-bond donors (Lipinski definition) is 2. The first kappa shape index (κ1) is 21.4. The third kappa shape index (κ3) is 5.20. The van der Waals surface area contributed by atoms with E-state index in [1.165, 1.54) is 0 Å². The van der Waals surface area contributed by atoms with Gasteiger partial charge in [0.1, 0.15) is 5.75 Å². The van der Waals surface area contributed by atoms with Gasteiger partial charge in [0.2, 0.25) is 0 Å². The second-order valence-electron chi connectivity index (χ2n) is 7.22. The predicted octanol–water partition coefficient (Wildman–Crippen LogP) is 4.76. The number of carbonyl (C=O) groups excluding carboxylic acids is 2. The number of amides is 2. The minimum Gasteiger partial charge on any atom is -0.409 e. The Balaban J connectivity index is 1.63. The molecule has 0 fully saturated rings. The fraction of sp³-hybridized carbons (Fsp3) is 0.333. The summed E-state index contributed by atoms with van der Waals surface area (Å²) < 4.78 is 5.56. The maximum absolute atomic E-state index is 12.7. The number of fused-ring (bicyclic) bond motifs is 1. The van der Waals surface area contributed by atoms with Gasteiger partial charge in [-0.05, 0) is 43.0 Å². The van der Waals surface area contributed by atoms with Crippen LogP contribution >= 0.6 is 0 Å². The third-order valence-electron chi connectivity index (χ3n) is 4.93. The third-order valence-corrected chi connectivity index (χ3v) is 4.93. The molecule has 1 aromatic heterocycles. The zero-order valence-corrected chi connectivity index (χ0v) is 17.6. The van der Waals surface area contributed by atoms with E-state index in [-0.39, 0.29) is 11.7 Å². The van der Waals surface area contributed by atoms with Crippen molar-refractivity contribution in [3.8, 4) is 5.75 Å². The normalized spacial score (nSPS) is 10.7. The maximum atomic E-state index is 12.7. The summed E-state index contributed by atoms with van der Waals surface area (Å²) in [5.41, 5.74) is 2.60. The summed E-state index contributed by atoms with van der Waals surface area (Å²) >= 11 is 0. The number of benzene rings is 2. The molecule has 158 valence electrons. The SMILES string of the molecule is CCCN(CCC)C(=O)Oc1ccccc1C(=O)NCCc1c[nH]c2ccccc12. The van der Waals surface area contributed by atoms with Crippen molar-refractivity contribution in [2.24, 2.45) is 0 Å². The van der Waals surface area contributed by atoms with Crippen LogP contribution in [0.3, 0.4) is 0 Å². The Kier molecular flexibility index (Phi) is 7.49. The Morgan fingerprint density at radius 3 is 2.47 bits per heavy atom. The van der Waals surface area contributed by atoms with Crippen molar-refractivity contribution in [3.63, 3.8) is 0 Å². The van der Waals surface area contributed by atoms with E-state index in [9.17, 15) is 9.59 Å². The van der Waals surface area contributed by atoms with E-state index in [1.807, 2.05) is 38.2 Å². The van der Waals surface area contributed by atoms with Gasteiger partial charge in [0.15, 0.2) is 0 Å². The van der Waals surface area contributed by atoms with Crippen LogP contribution < -0.4 is 10.1 Å². The first-order chi connectivity index (χ1) is 14.6. The number of aromatic amines is 1. The summed E-state index contributed by atoms with van der Waals surface area (Å²) in [5, 5.41) is 4.10. The van der Waals surface area contributed by atoms with Gasteiger partial charge in [0, 0.05) is 36.7 Å². The summed E-state index contributed by atoms with van der Waals surface area (Å²) in [6.45, 7) is 5.79. The van der Waals surface area contributed by atoms with E-state index < -0.39 is 6.09 Å². The highest BCUT2D eigenvalue weighted by Crippen LogP contribution is 2.20. The van der Waals surface area contributed by atoms with Crippen LogP contribution in [-0.2, 0) is 6.42 Å². The zero-order chi connectivity index (χ0) is 21.3. The fourth-order valence-corrected chi connectivity index (χ4v) is 3.48. The van der Waals surface area contributed by atoms with Crippen LogP contribution in [0.15, 0.2) is 54.7 Å². The lowest BCUT2D eigenvalue weighted by Gasteiger charge is -2.21. The quantitative estimate of drug-likeness (QED) is 0.537. The molecule has 0 saturated heterocycles. The van der Waals surface area contributed by atoms with Gasteiger partial charge in [0.25, 0.3) is 5.91 Å². The Labute approximate surface area is 177 Å². The summed E-state index contributed by atoms with van der Waals surface area (Å²) in [7, 11) is 0. The van der Waals surface area contributed by atoms with Gasteiger partial charge < -0.3 is 19.9 Å². The number of para-hydroxylation sites is 2. The molecule has 2 aromatic carbocycles. The lowest BCUT2D eigenvalue weighted by molar-refractivity contribution is 0.0950. The van der Waals surface area contributed by atoms with Crippen molar-refractivity contribution in [2.75, 3.05) is 19.6 Å². The Morgan fingerprint density at radius 2 is 1.70 bits per heavy atom. The number of H-pyrrole nitrogens is 1. The standard InChI is InChI=1S/C24H29N3O3/c1-3-15-27(16-4-2)24(29)30-22-12-8-6-10-20(22)23(28)25-14-13-18-17-26-21-11-7-5-9-19(18)21/h5-12,17,26H,3-4,13-16H2,1-2H3,(H,25,28). The molecule has 2 N–H and O–H groups in total. The van der Waals surface area contributed by atoms with E-state index in [0.717, 1.165) is 29.3 Å². The molecule has 30 heavy (non-hydrogen) atoms. The molecular formula is C24H29N3O3. The first-order valence-corrected chi connectivity index (χ1v) is 10.5. The van der Waals surface area contributed by atoms with E-state index in [1.54, 1.807) is 29.2 Å². The second-order valence-corrected chi connectivity index (χ2v) is 7.22. The van der Waals surface area contributed by atoms with Crippen molar-refractivity contribution in [3.05, 3.63) is 65.9 Å². The summed E-state index contributed by atoms with van der Waals surface area (Å²) in [6, 6.07) is 14.9. The molecule has 0 radical (unpaired) electrons. The Bertz CT molecular complexity index is 990. The van der Waals surface area contributed by atoms with Crippen LogP contribution in [0.2, 0.25) is 0 Å². The lowest BCUT2D eigenvalue weighted by Crippen LogP contribution is -2.35. The van der Waals surface area contributed by atoms with E-state index in [0.29, 0.717) is 31.6 Å². The molecule has 0 aliphatic heterocycles. The minimum absolute atomic E-state index is 0.254. The van der Waals surface area contributed by atoms with Crippen LogP contribution in [-0.4, -0.2) is 41.5 Å². The average Bonchev–Trinajstić information content (AvgIpc) is 3.17. The molecule has 0 atom stereocenters. The fourth-order valence-electron chi connectivity index (χ4n) is 3.48. The smallest absolute Gasteiger partial charge is 0.409 e. The molecule has 0 spiro atoms. The van der Waals surface area contributed by atoms with Gasteiger partial charge in [-0.1, -0.05) is 44.2 Å². The molecule has 1 heterocycles. The molecule has 0 aliphatic rings. The number of nitrogens with zero attached hydrogens (tertiary/aromatic N) is 1. The van der Waals surface area contributed by atoms with Crippen molar-refractivity contribution in [1.29, 1.82) is 0 Å². The van der Waals surface area contributed by atoms with Crippen molar-refractivity contribution in [2.45, 2.75) is 33.1 Å². The van der Waals surface area contributed by atoms with Gasteiger partial charge in [-0.25, -0.2) is 4.79 Å². The Hall–Kier alpha value is -3.28. The van der Waals surface area contributed by atoms with E-state index in [4.69, 9.17) is 4.74 Å². The monoisotopic (exact) mass is 407 g/mol. The molecule has 0 aliphatic carbocycles. The minimum atomic E-state index is -0.419. The van der Waals surface area contributed by atoms with Gasteiger partial charge >= 0.3 is 6.09 Å². The number of hydrogen-bond acceptors (Lipinski definition) is 3. The van der Waals surface area contributed by atoms with Gasteiger partial charge in [0.05, 0.1) is 5.56 Å². The molecule has 0 bridgehead atoms. The predicted molar refractivity (Wildman–Crippen MR) is 119 cm³/mol. The van der Waals surface area contributed by atoms with Gasteiger partial charge in [-0.3, -0.25) is 4.79 Å². The number of nitrogens with one attached hydrogen (secondary N) is 2. The van der Waals surface area contributed by atoms with Gasteiger partial charge in [-0.2, -0.15) is 0 Å². The molecule has 6 nitrogen and oxygen atoms in total. The molecular weight excluding hydrogens is 378 g/mol. The Morgan fingerprint density at radius 1 is 1.00 bits per heavy atom. The largest absolute Gasteiger partial charge is 0.415 e. The molecule has 3 rings (SSSR count). The molecule has 0 unspecified atom stereocenters. The molecule has 0 saturated carbocycles. The molecule has 3 aromatic rings. The van der Waals surface area contributed by atoms with Crippen LogP contribution in [0.25, 0.3) is 10.9 Å². The molecule has 2 amide bonds. The lowest BCUT2D eigenvalue weighted by atomic mass is 10.1. The second kappa shape index (κ2) is 10.5. The number of carbonyl (C=O) groups is 2. The van der Waals surface area contributed by atoms with Crippen molar-refractivity contribution < 1.29 is 14.3 Å². The van der Waals surface area contributed by atoms with E-state index >= 15 is 0 Å². The highest BCUT2D eigenvalue weighted by atomic mass is 16.6. The van der Waals surface area contributed by atoms with E-state index in [2.05, 4.69) is 16.4 Å². The maximum Gasteiger partial charge on any atom is 0.415 e. The summed E-state index contributed by atoms with van der Waals surface area (Å²) in [4.78, 5) is 30.2. The average molecular weight is 408 g/mol. The van der Waals surface area contributed by atoms with Crippen LogP contribution in [0.4, 0.5) is 4.79 Å². The summed E-state index contributed by atoms with van der Waals surface area (Å²) in [6.07, 6.45) is 3.97. The van der Waals surface area contributed by atoms with Gasteiger partial charge in [-0.15, -0.1) is 0 Å². The van der Waals surface area contributed by atoms with Crippen molar-refractivity contribution >= 4 is 22.9 Å². The highest BCUT2D eigenvalue weighted by Gasteiger charge is 2.18. The number of ether oxygens (including phenoxy) is 1. The van der Waals surface area contributed by atoms with Crippen LogP contribution in [0.1, 0.15) is 42.6 Å². The summed E-state index contributed by atoms with van der Waals surface area (Å²) in [5.74, 6) is 0.0278. The van der Waals surface area contributed by atoms with Crippen LogP contribution in [0, 0.1) is 0 Å². The zero-order valence-electron chi connectivity index (χ0n) is 17.6. The number of aromatic nitrogens is 1. The van der Waals surface area contributed by atoms with Crippen LogP contribution in [0.5, 0.6) is 5.75 Å². The first-order valence-electron chi connectivity index (χ1n) is 10.5. The topological polar surface area (TPSA) is 74.4 Å². The molecule has 6 heteroatoms. The highest BCUT2D eigenvalue weighted by molar-refractivity contribution is 5.97. The number of rotatable bonds is 9.